The first kappa shape index (κ1) is 19.4. The fourth-order valence-electron chi connectivity index (χ4n) is 2.55. The zero-order valence-electron chi connectivity index (χ0n) is 15.2. The molecule has 0 aromatic heterocycles. The van der Waals surface area contributed by atoms with E-state index in [0.29, 0.717) is 11.5 Å². The summed E-state index contributed by atoms with van der Waals surface area (Å²) < 4.78 is 37.6. The second-order valence-electron chi connectivity index (χ2n) is 5.78. The van der Waals surface area contributed by atoms with Crippen molar-refractivity contribution in [1.82, 2.24) is 0 Å². The Bertz CT molecular complexity index is 1020. The van der Waals surface area contributed by atoms with Crippen LogP contribution in [0, 0.1) is 0 Å². The van der Waals surface area contributed by atoms with Gasteiger partial charge in [-0.25, -0.2) is 8.42 Å². The summed E-state index contributed by atoms with van der Waals surface area (Å²) in [5.74, 6) is 0.314. The molecule has 0 heterocycles. The predicted octanol–water partition coefficient (Wildman–Crippen LogP) is 3.50. The molecule has 0 N–H and O–H groups in total. The minimum Gasteiger partial charge on any atom is -0.497 e. The van der Waals surface area contributed by atoms with Crippen LogP contribution in [0.2, 0.25) is 0 Å². The number of sulfonamides is 1. The highest BCUT2D eigenvalue weighted by atomic mass is 32.2. The molecule has 7 heteroatoms. The van der Waals surface area contributed by atoms with Gasteiger partial charge in [0.1, 0.15) is 11.5 Å². The predicted molar refractivity (Wildman–Crippen MR) is 106 cm³/mol. The third-order valence-corrected chi connectivity index (χ3v) is 5.68. The second kappa shape index (κ2) is 8.58. The number of hydrogen-bond acceptors (Lipinski definition) is 5. The quantitative estimate of drug-likeness (QED) is 0.610. The highest BCUT2D eigenvalue weighted by Crippen LogP contribution is 2.26. The Hall–Kier alpha value is -3.32. The minimum absolute atomic E-state index is 0.0129. The third-order valence-electron chi connectivity index (χ3n) is 3.92. The Kier molecular flexibility index (Phi) is 5.96. The fourth-order valence-corrected chi connectivity index (χ4v) is 3.98. The summed E-state index contributed by atoms with van der Waals surface area (Å²) in [6, 6.07) is 22.7. The molecule has 0 atom stereocenters. The summed E-state index contributed by atoms with van der Waals surface area (Å²) in [6.45, 7) is -0.428. The maximum atomic E-state index is 13.2. The number of carbonyl (C=O) groups excluding carboxylic acids is 1. The molecule has 0 aliphatic rings. The van der Waals surface area contributed by atoms with E-state index in [0.717, 1.165) is 4.31 Å². The van der Waals surface area contributed by atoms with Gasteiger partial charge < -0.3 is 9.47 Å². The Morgan fingerprint density at radius 2 is 1.39 bits per heavy atom. The number of para-hydroxylation sites is 1. The molecule has 0 bridgehead atoms. The standard InChI is InChI=1S/C21H19NO5S/c1-26-18-14-12-17(13-15-18)22(28(24,25)20-10-6-3-7-11-20)21(23)16-27-19-8-4-2-5-9-19/h2-15H,16H2,1H3. The van der Waals surface area contributed by atoms with E-state index in [2.05, 4.69) is 0 Å². The van der Waals surface area contributed by atoms with Gasteiger partial charge in [0.05, 0.1) is 17.7 Å². The molecule has 6 nitrogen and oxygen atoms in total. The number of hydrogen-bond donors (Lipinski definition) is 0. The average molecular weight is 397 g/mol. The van der Waals surface area contributed by atoms with Crippen LogP contribution in [0.1, 0.15) is 0 Å². The molecular weight excluding hydrogens is 378 g/mol. The van der Waals surface area contributed by atoms with E-state index in [1.165, 1.54) is 31.4 Å². The van der Waals surface area contributed by atoms with E-state index in [9.17, 15) is 13.2 Å². The summed E-state index contributed by atoms with van der Waals surface area (Å²) in [5.41, 5.74) is 0.200. The maximum Gasteiger partial charge on any atom is 0.278 e. The summed E-state index contributed by atoms with van der Waals surface area (Å²) in [5, 5.41) is 0. The van der Waals surface area contributed by atoms with Crippen LogP contribution >= 0.6 is 0 Å². The summed E-state index contributed by atoms with van der Waals surface area (Å²) in [6.07, 6.45) is 0. The smallest absolute Gasteiger partial charge is 0.278 e. The van der Waals surface area contributed by atoms with Crippen molar-refractivity contribution in [2.24, 2.45) is 0 Å². The number of carbonyl (C=O) groups is 1. The van der Waals surface area contributed by atoms with Gasteiger partial charge in [-0.1, -0.05) is 36.4 Å². The number of rotatable bonds is 7. The molecule has 0 spiro atoms. The van der Waals surface area contributed by atoms with Crippen molar-refractivity contribution in [3.05, 3.63) is 84.9 Å². The monoisotopic (exact) mass is 397 g/mol. The van der Waals surface area contributed by atoms with Gasteiger partial charge >= 0.3 is 0 Å². The molecule has 0 aliphatic heterocycles. The fraction of sp³-hybridized carbons (Fsp3) is 0.0952. The second-order valence-corrected chi connectivity index (χ2v) is 7.56. The lowest BCUT2D eigenvalue weighted by atomic mass is 10.3. The molecular formula is C21H19NO5S. The molecule has 0 unspecified atom stereocenters. The van der Waals surface area contributed by atoms with Gasteiger partial charge in [0.2, 0.25) is 0 Å². The van der Waals surface area contributed by atoms with Crippen molar-refractivity contribution in [2.75, 3.05) is 18.0 Å². The lowest BCUT2D eigenvalue weighted by molar-refractivity contribution is -0.119. The van der Waals surface area contributed by atoms with Crippen molar-refractivity contribution in [2.45, 2.75) is 4.90 Å². The highest BCUT2D eigenvalue weighted by Gasteiger charge is 2.31. The van der Waals surface area contributed by atoms with Gasteiger partial charge in [-0.2, -0.15) is 4.31 Å². The zero-order chi connectivity index (χ0) is 20.0. The zero-order valence-corrected chi connectivity index (χ0v) is 16.0. The van der Waals surface area contributed by atoms with Crippen LogP contribution in [0.25, 0.3) is 0 Å². The molecule has 3 aromatic carbocycles. The van der Waals surface area contributed by atoms with Crippen molar-refractivity contribution in [1.29, 1.82) is 0 Å². The highest BCUT2D eigenvalue weighted by molar-refractivity contribution is 7.93. The van der Waals surface area contributed by atoms with Crippen LogP contribution in [0.15, 0.2) is 89.8 Å². The van der Waals surface area contributed by atoms with Crippen LogP contribution in [-0.4, -0.2) is 28.0 Å². The first-order chi connectivity index (χ1) is 13.5. The molecule has 0 saturated carbocycles. The van der Waals surface area contributed by atoms with E-state index in [1.54, 1.807) is 54.6 Å². The molecule has 0 aliphatic carbocycles. The van der Waals surface area contributed by atoms with Crippen molar-refractivity contribution in [3.8, 4) is 11.5 Å². The lowest BCUT2D eigenvalue weighted by Crippen LogP contribution is -2.40. The van der Waals surface area contributed by atoms with Crippen LogP contribution in [0.4, 0.5) is 5.69 Å². The first-order valence-corrected chi connectivity index (χ1v) is 9.91. The average Bonchev–Trinajstić information content (AvgIpc) is 2.74. The van der Waals surface area contributed by atoms with E-state index < -0.39 is 22.5 Å². The Balaban J connectivity index is 1.95. The molecule has 28 heavy (non-hydrogen) atoms. The summed E-state index contributed by atoms with van der Waals surface area (Å²) in [4.78, 5) is 12.9. The van der Waals surface area contributed by atoms with E-state index in [1.807, 2.05) is 6.07 Å². The van der Waals surface area contributed by atoms with E-state index >= 15 is 0 Å². The van der Waals surface area contributed by atoms with Gasteiger partial charge in [-0.15, -0.1) is 0 Å². The number of methoxy groups -OCH3 is 1. The third kappa shape index (κ3) is 4.32. The van der Waals surface area contributed by atoms with Crippen LogP contribution in [-0.2, 0) is 14.8 Å². The number of benzene rings is 3. The Morgan fingerprint density at radius 3 is 1.96 bits per heavy atom. The van der Waals surface area contributed by atoms with Gasteiger partial charge in [-0.05, 0) is 48.5 Å². The SMILES string of the molecule is COc1ccc(N(C(=O)COc2ccccc2)S(=O)(=O)c2ccccc2)cc1. The van der Waals surface area contributed by atoms with Crippen LogP contribution in [0.5, 0.6) is 11.5 Å². The van der Waals surface area contributed by atoms with E-state index in [4.69, 9.17) is 9.47 Å². The molecule has 0 radical (unpaired) electrons. The Morgan fingerprint density at radius 1 is 0.821 bits per heavy atom. The molecule has 0 saturated heterocycles. The van der Waals surface area contributed by atoms with Gasteiger partial charge in [-0.3, -0.25) is 4.79 Å². The molecule has 1 amide bonds. The van der Waals surface area contributed by atoms with Crippen LogP contribution < -0.4 is 13.8 Å². The van der Waals surface area contributed by atoms with Crippen LogP contribution in [0.3, 0.4) is 0 Å². The number of amides is 1. The van der Waals surface area contributed by atoms with Crippen molar-refractivity contribution < 1.29 is 22.7 Å². The number of nitrogens with zero attached hydrogens (tertiary/aromatic N) is 1. The summed E-state index contributed by atoms with van der Waals surface area (Å²) >= 11 is 0. The minimum atomic E-state index is -4.11. The molecule has 144 valence electrons. The first-order valence-electron chi connectivity index (χ1n) is 8.47. The number of anilines is 1. The van der Waals surface area contributed by atoms with Crippen molar-refractivity contribution >= 4 is 21.6 Å². The largest absolute Gasteiger partial charge is 0.497 e. The number of ether oxygens (including phenoxy) is 2. The van der Waals surface area contributed by atoms with Gasteiger partial charge in [0, 0.05) is 0 Å². The van der Waals surface area contributed by atoms with Gasteiger partial charge in [0.15, 0.2) is 6.61 Å². The maximum absolute atomic E-state index is 13.2. The lowest BCUT2D eigenvalue weighted by Gasteiger charge is -2.23. The molecule has 3 aromatic rings. The Labute approximate surface area is 164 Å². The topological polar surface area (TPSA) is 72.9 Å². The molecule has 3 rings (SSSR count). The summed E-state index contributed by atoms with van der Waals surface area (Å²) in [7, 11) is -2.61. The molecule has 0 fully saturated rings. The van der Waals surface area contributed by atoms with Crippen molar-refractivity contribution in [3.63, 3.8) is 0 Å². The normalized spacial score (nSPS) is 10.9. The van der Waals surface area contributed by atoms with E-state index in [-0.39, 0.29) is 10.6 Å². The van der Waals surface area contributed by atoms with Gasteiger partial charge in [0.25, 0.3) is 15.9 Å².